The number of hydrogen-bond acceptors (Lipinski definition) is 2. The first-order chi connectivity index (χ1) is 8.08. The number of carbonyl (C=O) groups is 1. The lowest BCUT2D eigenvalue weighted by Crippen LogP contribution is -2.36. The lowest BCUT2D eigenvalue weighted by molar-refractivity contribution is -0.128. The van der Waals surface area contributed by atoms with Crippen molar-refractivity contribution < 1.29 is 9.18 Å². The Hall–Kier alpha value is -1.42. The fourth-order valence-electron chi connectivity index (χ4n) is 2.08. The summed E-state index contributed by atoms with van der Waals surface area (Å²) in [5.41, 5.74) is 1.64. The number of halogens is 1. The molecule has 1 amide bonds. The van der Waals surface area contributed by atoms with Gasteiger partial charge in [0, 0.05) is 25.7 Å². The van der Waals surface area contributed by atoms with E-state index in [1.165, 1.54) is 6.07 Å². The lowest BCUT2D eigenvalue weighted by Gasteiger charge is -2.12. The smallest absolute Gasteiger partial charge is 0.239 e. The second-order valence-corrected chi connectivity index (χ2v) is 4.58. The third-order valence-corrected chi connectivity index (χ3v) is 3.17. The quantitative estimate of drug-likeness (QED) is 0.861. The van der Waals surface area contributed by atoms with E-state index in [9.17, 15) is 9.18 Å². The fourth-order valence-corrected chi connectivity index (χ4v) is 2.08. The first-order valence-corrected chi connectivity index (χ1v) is 5.81. The average molecular weight is 236 g/mol. The van der Waals surface area contributed by atoms with Crippen LogP contribution < -0.4 is 5.32 Å². The van der Waals surface area contributed by atoms with Crippen LogP contribution in [0.1, 0.15) is 17.5 Å². The predicted molar refractivity (Wildman–Crippen MR) is 64.0 cm³/mol. The minimum Gasteiger partial charge on any atom is -0.344 e. The topological polar surface area (TPSA) is 32.3 Å². The number of carbonyl (C=O) groups excluding carboxylic acids is 1. The van der Waals surface area contributed by atoms with Gasteiger partial charge in [-0.05, 0) is 19.4 Å². The van der Waals surface area contributed by atoms with Gasteiger partial charge in [-0.25, -0.2) is 4.39 Å². The molecule has 1 aromatic rings. The van der Waals surface area contributed by atoms with Gasteiger partial charge in [-0.3, -0.25) is 4.79 Å². The third-order valence-electron chi connectivity index (χ3n) is 3.17. The van der Waals surface area contributed by atoms with Gasteiger partial charge in [0.05, 0.1) is 6.04 Å². The number of benzene rings is 1. The molecule has 3 nitrogen and oxygen atoms in total. The Morgan fingerprint density at radius 1 is 1.53 bits per heavy atom. The molecule has 0 spiro atoms. The van der Waals surface area contributed by atoms with Crippen molar-refractivity contribution >= 4 is 5.91 Å². The first kappa shape index (κ1) is 12.0. The van der Waals surface area contributed by atoms with Crippen LogP contribution in [0.15, 0.2) is 18.2 Å². The standard InChI is InChI=1S/C13H17FN2O/c1-9-3-4-11(14)10(7-9)8-15-12-5-6-16(2)13(12)17/h3-4,7,12,15H,5-6,8H2,1-2H3. The van der Waals surface area contributed by atoms with E-state index in [1.54, 1.807) is 18.0 Å². The molecule has 4 heteroatoms. The van der Waals surface area contributed by atoms with Crippen LogP contribution in [0.2, 0.25) is 0 Å². The molecule has 0 aliphatic carbocycles. The number of nitrogens with one attached hydrogen (secondary N) is 1. The van der Waals surface area contributed by atoms with Crippen LogP contribution in [-0.4, -0.2) is 30.4 Å². The number of nitrogens with zero attached hydrogens (tertiary/aromatic N) is 1. The van der Waals surface area contributed by atoms with Gasteiger partial charge in [0.15, 0.2) is 0 Å². The van der Waals surface area contributed by atoms with Gasteiger partial charge in [-0.2, -0.15) is 0 Å². The summed E-state index contributed by atoms with van der Waals surface area (Å²) in [4.78, 5) is 13.3. The Bertz CT molecular complexity index is 433. The molecule has 1 heterocycles. The highest BCUT2D eigenvalue weighted by Crippen LogP contribution is 2.12. The summed E-state index contributed by atoms with van der Waals surface area (Å²) >= 11 is 0. The summed E-state index contributed by atoms with van der Waals surface area (Å²) in [5, 5.41) is 3.11. The van der Waals surface area contributed by atoms with Crippen LogP contribution in [0.5, 0.6) is 0 Å². The summed E-state index contributed by atoms with van der Waals surface area (Å²) in [6.45, 7) is 3.10. The molecule has 17 heavy (non-hydrogen) atoms. The van der Waals surface area contributed by atoms with E-state index in [1.807, 2.05) is 13.0 Å². The van der Waals surface area contributed by atoms with Gasteiger partial charge in [-0.1, -0.05) is 17.7 Å². The van der Waals surface area contributed by atoms with E-state index in [-0.39, 0.29) is 17.8 Å². The average Bonchev–Trinajstić information content (AvgIpc) is 2.62. The van der Waals surface area contributed by atoms with Gasteiger partial charge in [0.2, 0.25) is 5.91 Å². The second kappa shape index (κ2) is 4.84. The number of rotatable bonds is 3. The van der Waals surface area contributed by atoms with E-state index in [2.05, 4.69) is 5.32 Å². The molecule has 0 bridgehead atoms. The van der Waals surface area contributed by atoms with Crippen molar-refractivity contribution in [3.63, 3.8) is 0 Å². The minimum atomic E-state index is -0.220. The third kappa shape index (κ3) is 2.64. The summed E-state index contributed by atoms with van der Waals surface area (Å²) in [6.07, 6.45) is 0.794. The van der Waals surface area contributed by atoms with E-state index in [4.69, 9.17) is 0 Å². The predicted octanol–water partition coefficient (Wildman–Crippen LogP) is 1.45. The molecule has 1 aliphatic rings. The molecule has 1 aromatic carbocycles. The summed E-state index contributed by atoms with van der Waals surface area (Å²) in [5.74, 6) is -0.125. The maximum Gasteiger partial charge on any atom is 0.239 e. The zero-order chi connectivity index (χ0) is 12.4. The molecule has 1 N–H and O–H groups in total. The SMILES string of the molecule is Cc1ccc(F)c(CNC2CCN(C)C2=O)c1. The molecular weight excluding hydrogens is 219 g/mol. The molecular formula is C13H17FN2O. The van der Waals surface area contributed by atoms with E-state index in [0.717, 1.165) is 18.5 Å². The lowest BCUT2D eigenvalue weighted by atomic mass is 10.1. The van der Waals surface area contributed by atoms with Crippen molar-refractivity contribution in [1.29, 1.82) is 0 Å². The maximum atomic E-state index is 13.5. The normalized spacial score (nSPS) is 20.1. The largest absolute Gasteiger partial charge is 0.344 e. The highest BCUT2D eigenvalue weighted by atomic mass is 19.1. The van der Waals surface area contributed by atoms with Crippen molar-refractivity contribution in [3.05, 3.63) is 35.1 Å². The van der Waals surface area contributed by atoms with Crippen molar-refractivity contribution in [2.45, 2.75) is 25.9 Å². The Balaban J connectivity index is 1.98. The van der Waals surface area contributed by atoms with Gasteiger partial charge in [-0.15, -0.1) is 0 Å². The fraction of sp³-hybridized carbons (Fsp3) is 0.462. The zero-order valence-corrected chi connectivity index (χ0v) is 10.2. The Morgan fingerprint density at radius 3 is 2.94 bits per heavy atom. The highest BCUT2D eigenvalue weighted by molar-refractivity contribution is 5.83. The van der Waals surface area contributed by atoms with Gasteiger partial charge < -0.3 is 10.2 Å². The van der Waals surface area contributed by atoms with Gasteiger partial charge in [0.25, 0.3) is 0 Å². The molecule has 0 aromatic heterocycles. The Labute approximate surface area is 101 Å². The highest BCUT2D eigenvalue weighted by Gasteiger charge is 2.28. The van der Waals surface area contributed by atoms with E-state index < -0.39 is 0 Å². The summed E-state index contributed by atoms with van der Waals surface area (Å²) < 4.78 is 13.5. The maximum absolute atomic E-state index is 13.5. The number of hydrogen-bond donors (Lipinski definition) is 1. The van der Waals surface area contributed by atoms with Crippen LogP contribution in [0, 0.1) is 12.7 Å². The first-order valence-electron chi connectivity index (χ1n) is 5.81. The van der Waals surface area contributed by atoms with Crippen LogP contribution in [-0.2, 0) is 11.3 Å². The summed E-state index contributed by atoms with van der Waals surface area (Å²) in [6, 6.07) is 4.85. The second-order valence-electron chi connectivity index (χ2n) is 4.58. The Kier molecular flexibility index (Phi) is 3.43. The monoisotopic (exact) mass is 236 g/mol. The van der Waals surface area contributed by atoms with E-state index >= 15 is 0 Å². The molecule has 0 radical (unpaired) electrons. The Morgan fingerprint density at radius 2 is 2.29 bits per heavy atom. The van der Waals surface area contributed by atoms with Crippen LogP contribution in [0.25, 0.3) is 0 Å². The number of aryl methyl sites for hydroxylation is 1. The van der Waals surface area contributed by atoms with Crippen LogP contribution in [0.3, 0.4) is 0 Å². The molecule has 1 atom stereocenters. The molecule has 1 fully saturated rings. The van der Waals surface area contributed by atoms with Gasteiger partial charge >= 0.3 is 0 Å². The molecule has 1 unspecified atom stereocenters. The number of likely N-dealkylation sites (tertiary alicyclic amines) is 1. The van der Waals surface area contributed by atoms with Crippen molar-refractivity contribution in [3.8, 4) is 0 Å². The van der Waals surface area contributed by atoms with Crippen molar-refractivity contribution in [2.24, 2.45) is 0 Å². The van der Waals surface area contributed by atoms with E-state index in [0.29, 0.717) is 12.1 Å². The van der Waals surface area contributed by atoms with Gasteiger partial charge in [0.1, 0.15) is 5.82 Å². The molecule has 1 aliphatic heterocycles. The van der Waals surface area contributed by atoms with Crippen molar-refractivity contribution in [1.82, 2.24) is 10.2 Å². The van der Waals surface area contributed by atoms with Crippen molar-refractivity contribution in [2.75, 3.05) is 13.6 Å². The number of amides is 1. The molecule has 1 saturated heterocycles. The molecule has 2 rings (SSSR count). The van der Waals surface area contributed by atoms with Crippen LogP contribution >= 0.6 is 0 Å². The minimum absolute atomic E-state index is 0.0954. The van der Waals surface area contributed by atoms with Crippen LogP contribution in [0.4, 0.5) is 4.39 Å². The summed E-state index contributed by atoms with van der Waals surface area (Å²) in [7, 11) is 1.79. The zero-order valence-electron chi connectivity index (χ0n) is 10.2. The molecule has 0 saturated carbocycles. The molecule has 92 valence electrons. The number of likely N-dealkylation sites (N-methyl/N-ethyl adjacent to an activating group) is 1.